The lowest BCUT2D eigenvalue weighted by atomic mass is 9.93. The van der Waals surface area contributed by atoms with Gasteiger partial charge >= 0.3 is 0 Å². The predicted octanol–water partition coefficient (Wildman–Crippen LogP) is 3.16. The Morgan fingerprint density at radius 1 is 1.33 bits per heavy atom. The molecule has 0 aliphatic carbocycles. The summed E-state index contributed by atoms with van der Waals surface area (Å²) < 4.78 is 5.28. The van der Waals surface area contributed by atoms with Crippen LogP contribution in [0.25, 0.3) is 0 Å². The third-order valence-corrected chi connectivity index (χ3v) is 2.76. The van der Waals surface area contributed by atoms with Crippen molar-refractivity contribution in [1.82, 2.24) is 0 Å². The van der Waals surface area contributed by atoms with Gasteiger partial charge in [-0.3, -0.25) is 0 Å². The molecule has 0 saturated carbocycles. The van der Waals surface area contributed by atoms with Crippen molar-refractivity contribution >= 4 is 12.4 Å². The van der Waals surface area contributed by atoms with Gasteiger partial charge < -0.3 is 10.5 Å². The lowest BCUT2D eigenvalue weighted by Gasteiger charge is -2.20. The molecule has 2 atom stereocenters. The molecule has 0 aromatic heterocycles. The van der Waals surface area contributed by atoms with Gasteiger partial charge in [-0.25, -0.2) is 0 Å². The first-order chi connectivity index (χ1) is 6.70. The summed E-state index contributed by atoms with van der Waals surface area (Å²) in [4.78, 5) is 0. The van der Waals surface area contributed by atoms with E-state index in [4.69, 9.17) is 10.5 Å². The first-order valence-electron chi connectivity index (χ1n) is 5.09. The van der Waals surface area contributed by atoms with Crippen molar-refractivity contribution < 1.29 is 4.74 Å². The minimum atomic E-state index is 0. The summed E-state index contributed by atoms with van der Waals surface area (Å²) in [6, 6.07) is 8.02. The fraction of sp³-hybridized carbons (Fsp3) is 0.500. The SMILES string of the molecule is CCC(C)[C@H](N)c1ccccc1OC.Cl. The minimum Gasteiger partial charge on any atom is -0.496 e. The van der Waals surface area contributed by atoms with E-state index in [-0.39, 0.29) is 18.4 Å². The van der Waals surface area contributed by atoms with E-state index in [2.05, 4.69) is 13.8 Å². The average Bonchev–Trinajstić information content (AvgIpc) is 2.26. The molecule has 2 nitrogen and oxygen atoms in total. The zero-order chi connectivity index (χ0) is 10.6. The van der Waals surface area contributed by atoms with E-state index in [1.807, 2.05) is 24.3 Å². The Morgan fingerprint density at radius 3 is 2.47 bits per heavy atom. The summed E-state index contributed by atoms with van der Waals surface area (Å²) >= 11 is 0. The van der Waals surface area contributed by atoms with Crippen LogP contribution in [0.2, 0.25) is 0 Å². The zero-order valence-corrected chi connectivity index (χ0v) is 10.4. The van der Waals surface area contributed by atoms with Crippen LogP contribution >= 0.6 is 12.4 Å². The topological polar surface area (TPSA) is 35.2 Å². The normalized spacial score (nSPS) is 13.9. The van der Waals surface area contributed by atoms with E-state index in [1.54, 1.807) is 7.11 Å². The molecule has 0 heterocycles. The van der Waals surface area contributed by atoms with E-state index in [9.17, 15) is 0 Å². The van der Waals surface area contributed by atoms with Crippen molar-refractivity contribution in [1.29, 1.82) is 0 Å². The summed E-state index contributed by atoms with van der Waals surface area (Å²) in [6.45, 7) is 4.32. The van der Waals surface area contributed by atoms with Crippen LogP contribution in [-0.4, -0.2) is 7.11 Å². The molecule has 0 bridgehead atoms. The second kappa shape index (κ2) is 6.70. The fourth-order valence-electron chi connectivity index (χ4n) is 1.50. The van der Waals surface area contributed by atoms with Crippen molar-refractivity contribution in [3.05, 3.63) is 29.8 Å². The van der Waals surface area contributed by atoms with Gasteiger partial charge in [-0.05, 0) is 12.0 Å². The molecule has 2 N–H and O–H groups in total. The second-order valence-corrected chi connectivity index (χ2v) is 3.65. The van der Waals surface area contributed by atoms with Crippen LogP contribution in [0, 0.1) is 5.92 Å². The number of halogens is 1. The van der Waals surface area contributed by atoms with Crippen LogP contribution < -0.4 is 10.5 Å². The van der Waals surface area contributed by atoms with Gasteiger partial charge in [-0.1, -0.05) is 38.5 Å². The maximum Gasteiger partial charge on any atom is 0.123 e. The first kappa shape index (κ1) is 14.3. The Labute approximate surface area is 98.2 Å². The number of hydrogen-bond acceptors (Lipinski definition) is 2. The van der Waals surface area contributed by atoms with E-state index in [1.165, 1.54) is 0 Å². The Morgan fingerprint density at radius 2 is 1.93 bits per heavy atom. The first-order valence-corrected chi connectivity index (χ1v) is 5.09. The molecule has 15 heavy (non-hydrogen) atoms. The quantitative estimate of drug-likeness (QED) is 0.861. The van der Waals surface area contributed by atoms with Crippen molar-refractivity contribution in [2.45, 2.75) is 26.3 Å². The molecule has 1 aromatic rings. The highest BCUT2D eigenvalue weighted by Gasteiger charge is 2.16. The number of benzene rings is 1. The van der Waals surface area contributed by atoms with Crippen LogP contribution in [-0.2, 0) is 0 Å². The predicted molar refractivity (Wildman–Crippen MR) is 66.6 cm³/mol. The Kier molecular flexibility index (Phi) is 6.37. The van der Waals surface area contributed by atoms with Crippen LogP contribution in [0.15, 0.2) is 24.3 Å². The highest BCUT2D eigenvalue weighted by molar-refractivity contribution is 5.85. The Balaban J connectivity index is 0.00000196. The number of hydrogen-bond donors (Lipinski definition) is 1. The van der Waals surface area contributed by atoms with Gasteiger partial charge in [0.15, 0.2) is 0 Å². The molecule has 86 valence electrons. The zero-order valence-electron chi connectivity index (χ0n) is 9.57. The van der Waals surface area contributed by atoms with E-state index in [0.717, 1.165) is 17.7 Å². The maximum absolute atomic E-state index is 6.15. The molecular weight excluding hydrogens is 210 g/mol. The fourth-order valence-corrected chi connectivity index (χ4v) is 1.50. The highest BCUT2D eigenvalue weighted by Crippen LogP contribution is 2.29. The van der Waals surface area contributed by atoms with Gasteiger partial charge in [0.1, 0.15) is 5.75 Å². The van der Waals surface area contributed by atoms with Crippen LogP contribution in [0.3, 0.4) is 0 Å². The van der Waals surface area contributed by atoms with E-state index >= 15 is 0 Å². The second-order valence-electron chi connectivity index (χ2n) is 3.65. The number of ether oxygens (including phenoxy) is 1. The lowest BCUT2D eigenvalue weighted by Crippen LogP contribution is -2.19. The largest absolute Gasteiger partial charge is 0.496 e. The molecule has 1 aromatic carbocycles. The van der Waals surface area contributed by atoms with Gasteiger partial charge in [-0.15, -0.1) is 12.4 Å². The number of nitrogens with two attached hydrogens (primary N) is 1. The van der Waals surface area contributed by atoms with Gasteiger partial charge in [0.25, 0.3) is 0 Å². The van der Waals surface area contributed by atoms with Crippen molar-refractivity contribution in [3.63, 3.8) is 0 Å². The van der Waals surface area contributed by atoms with Crippen LogP contribution in [0.5, 0.6) is 5.75 Å². The molecule has 0 saturated heterocycles. The number of methoxy groups -OCH3 is 1. The van der Waals surface area contributed by atoms with E-state index in [0.29, 0.717) is 5.92 Å². The summed E-state index contributed by atoms with van der Waals surface area (Å²) in [5.74, 6) is 1.37. The number of para-hydroxylation sites is 1. The van der Waals surface area contributed by atoms with Crippen LogP contribution in [0.4, 0.5) is 0 Å². The third-order valence-electron chi connectivity index (χ3n) is 2.76. The molecule has 0 amide bonds. The summed E-state index contributed by atoms with van der Waals surface area (Å²) in [7, 11) is 1.68. The van der Waals surface area contributed by atoms with Gasteiger partial charge in [-0.2, -0.15) is 0 Å². The molecule has 0 spiro atoms. The molecule has 1 rings (SSSR count). The van der Waals surface area contributed by atoms with Gasteiger partial charge in [0.05, 0.1) is 7.11 Å². The Hall–Kier alpha value is -0.730. The van der Waals surface area contributed by atoms with E-state index < -0.39 is 0 Å². The molecule has 0 aliphatic rings. The highest BCUT2D eigenvalue weighted by atomic mass is 35.5. The minimum absolute atomic E-state index is 0. The molecule has 0 radical (unpaired) electrons. The molecular formula is C12H20ClNO. The van der Waals surface area contributed by atoms with Crippen molar-refractivity contribution in [3.8, 4) is 5.75 Å². The molecule has 1 unspecified atom stereocenters. The van der Waals surface area contributed by atoms with Crippen molar-refractivity contribution in [2.75, 3.05) is 7.11 Å². The smallest absolute Gasteiger partial charge is 0.123 e. The average molecular weight is 230 g/mol. The standard InChI is InChI=1S/C12H19NO.ClH/c1-4-9(2)12(13)10-7-5-6-8-11(10)14-3;/h5-9,12H,4,13H2,1-3H3;1H/t9?,12-;/m0./s1. The molecule has 0 aliphatic heterocycles. The Bertz CT molecular complexity index is 291. The van der Waals surface area contributed by atoms with Crippen LogP contribution in [0.1, 0.15) is 31.9 Å². The summed E-state index contributed by atoms with van der Waals surface area (Å²) in [5, 5.41) is 0. The summed E-state index contributed by atoms with van der Waals surface area (Å²) in [6.07, 6.45) is 1.08. The lowest BCUT2D eigenvalue weighted by molar-refractivity contribution is 0.388. The summed E-state index contributed by atoms with van der Waals surface area (Å²) in [5.41, 5.74) is 7.25. The van der Waals surface area contributed by atoms with Crippen molar-refractivity contribution in [2.24, 2.45) is 11.7 Å². The third kappa shape index (κ3) is 3.40. The maximum atomic E-state index is 6.15. The molecule has 0 fully saturated rings. The number of rotatable bonds is 4. The molecule has 3 heteroatoms. The van der Waals surface area contributed by atoms with Gasteiger partial charge in [0, 0.05) is 11.6 Å². The van der Waals surface area contributed by atoms with Gasteiger partial charge in [0.2, 0.25) is 0 Å². The monoisotopic (exact) mass is 229 g/mol.